The van der Waals surface area contributed by atoms with Crippen LogP contribution in [0.3, 0.4) is 0 Å². The van der Waals surface area contributed by atoms with Gasteiger partial charge in [0.25, 0.3) is 0 Å². The van der Waals surface area contributed by atoms with E-state index in [9.17, 15) is 4.39 Å². The van der Waals surface area contributed by atoms with E-state index in [-0.39, 0.29) is 11.5 Å². The van der Waals surface area contributed by atoms with Gasteiger partial charge in [0.05, 0.1) is 5.71 Å². The van der Waals surface area contributed by atoms with Gasteiger partial charge in [-0.25, -0.2) is 4.39 Å². The molecule has 0 atom stereocenters. The molecule has 0 saturated carbocycles. The Morgan fingerprint density at radius 2 is 1.94 bits per heavy atom. The molecule has 1 aromatic carbocycles. The molecule has 2 aromatic rings. The number of aryl methyl sites for hydroxylation is 1. The van der Waals surface area contributed by atoms with Crippen LogP contribution in [0.25, 0.3) is 0 Å². The van der Waals surface area contributed by atoms with E-state index in [4.69, 9.17) is 11.1 Å². The Morgan fingerprint density at radius 1 is 1.29 bits per heavy atom. The van der Waals surface area contributed by atoms with Crippen molar-refractivity contribution < 1.29 is 4.39 Å². The van der Waals surface area contributed by atoms with Crippen molar-refractivity contribution in [3.05, 3.63) is 59.2 Å². The van der Waals surface area contributed by atoms with Crippen LogP contribution in [0.4, 0.5) is 10.1 Å². The summed E-state index contributed by atoms with van der Waals surface area (Å²) in [7, 11) is 0. The first-order chi connectivity index (χ1) is 8.08. The molecule has 0 fully saturated rings. The van der Waals surface area contributed by atoms with Crippen LogP contribution in [0.5, 0.6) is 0 Å². The van der Waals surface area contributed by atoms with Gasteiger partial charge in [-0.05, 0) is 37.3 Å². The normalized spacial score (nSPS) is 10.2. The van der Waals surface area contributed by atoms with Crippen molar-refractivity contribution >= 4 is 11.4 Å². The smallest absolute Gasteiger partial charge is 0.123 e. The predicted octanol–water partition coefficient (Wildman–Crippen LogP) is 2.53. The molecule has 1 heterocycles. The van der Waals surface area contributed by atoms with Crippen LogP contribution < -0.4 is 5.73 Å². The second kappa shape index (κ2) is 4.33. The largest absolute Gasteiger partial charge is 0.398 e. The summed E-state index contributed by atoms with van der Waals surface area (Å²) in [5.41, 5.74) is 8.56. The van der Waals surface area contributed by atoms with Gasteiger partial charge < -0.3 is 5.73 Å². The molecule has 1 aromatic heterocycles. The first kappa shape index (κ1) is 11.3. The predicted molar refractivity (Wildman–Crippen MR) is 65.7 cm³/mol. The molecule has 86 valence electrons. The molecule has 4 heteroatoms. The molecular weight excluding hydrogens is 217 g/mol. The number of pyridine rings is 1. The van der Waals surface area contributed by atoms with Gasteiger partial charge in [-0.1, -0.05) is 0 Å². The third-order valence-corrected chi connectivity index (χ3v) is 2.47. The summed E-state index contributed by atoms with van der Waals surface area (Å²) in [6.45, 7) is 1.83. The highest BCUT2D eigenvalue weighted by atomic mass is 19.1. The lowest BCUT2D eigenvalue weighted by Gasteiger charge is -2.07. The number of nitrogens with one attached hydrogen (secondary N) is 1. The molecule has 0 unspecified atom stereocenters. The van der Waals surface area contributed by atoms with Crippen molar-refractivity contribution in [1.29, 1.82) is 5.41 Å². The van der Waals surface area contributed by atoms with E-state index in [1.54, 1.807) is 24.4 Å². The van der Waals surface area contributed by atoms with E-state index < -0.39 is 0 Å². The number of anilines is 1. The van der Waals surface area contributed by atoms with Crippen molar-refractivity contribution in [3.8, 4) is 0 Å². The number of nitrogens with two attached hydrogens (primary N) is 1. The van der Waals surface area contributed by atoms with Gasteiger partial charge in [0.15, 0.2) is 0 Å². The molecular formula is C13H12FN3. The number of aromatic nitrogens is 1. The molecule has 0 bridgehead atoms. The molecule has 3 N–H and O–H groups in total. The maximum absolute atomic E-state index is 12.8. The number of rotatable bonds is 2. The summed E-state index contributed by atoms with van der Waals surface area (Å²) in [4.78, 5) is 4.11. The van der Waals surface area contributed by atoms with Gasteiger partial charge in [-0.3, -0.25) is 10.4 Å². The van der Waals surface area contributed by atoms with Crippen molar-refractivity contribution in [3.63, 3.8) is 0 Å². The third kappa shape index (κ3) is 2.30. The number of hydrogen-bond acceptors (Lipinski definition) is 3. The van der Waals surface area contributed by atoms with E-state index in [1.165, 1.54) is 12.1 Å². The van der Waals surface area contributed by atoms with Crippen LogP contribution in [-0.2, 0) is 0 Å². The molecule has 0 saturated heterocycles. The molecule has 0 aliphatic heterocycles. The fourth-order valence-electron chi connectivity index (χ4n) is 1.56. The SMILES string of the molecule is Cc1cc(N)c(C(=N)c2ccc(F)cc2)cn1. The second-order valence-corrected chi connectivity index (χ2v) is 3.79. The molecule has 0 amide bonds. The monoisotopic (exact) mass is 229 g/mol. The summed E-state index contributed by atoms with van der Waals surface area (Å²) in [5, 5.41) is 8.01. The quantitative estimate of drug-likeness (QED) is 0.777. The van der Waals surface area contributed by atoms with E-state index in [1.807, 2.05) is 6.92 Å². The summed E-state index contributed by atoms with van der Waals surface area (Å²) in [6, 6.07) is 7.46. The summed E-state index contributed by atoms with van der Waals surface area (Å²) in [6.07, 6.45) is 1.57. The Hall–Kier alpha value is -2.23. The maximum Gasteiger partial charge on any atom is 0.123 e. The van der Waals surface area contributed by atoms with E-state index >= 15 is 0 Å². The van der Waals surface area contributed by atoms with Crippen molar-refractivity contribution in [2.45, 2.75) is 6.92 Å². The Morgan fingerprint density at radius 3 is 2.53 bits per heavy atom. The zero-order valence-corrected chi connectivity index (χ0v) is 9.37. The minimum Gasteiger partial charge on any atom is -0.398 e. The molecule has 3 nitrogen and oxygen atoms in total. The number of hydrogen-bond donors (Lipinski definition) is 2. The zero-order chi connectivity index (χ0) is 12.4. The van der Waals surface area contributed by atoms with E-state index in [2.05, 4.69) is 4.98 Å². The zero-order valence-electron chi connectivity index (χ0n) is 9.37. The number of halogens is 1. The highest BCUT2D eigenvalue weighted by Gasteiger charge is 2.09. The second-order valence-electron chi connectivity index (χ2n) is 3.79. The Balaban J connectivity index is 2.40. The van der Waals surface area contributed by atoms with Gasteiger partial charge in [-0.15, -0.1) is 0 Å². The minimum atomic E-state index is -0.323. The van der Waals surface area contributed by atoms with Gasteiger partial charge in [0.1, 0.15) is 5.82 Å². The highest BCUT2D eigenvalue weighted by molar-refractivity contribution is 6.13. The first-order valence-electron chi connectivity index (χ1n) is 5.15. The van der Waals surface area contributed by atoms with Crippen LogP contribution in [0, 0.1) is 18.2 Å². The third-order valence-electron chi connectivity index (χ3n) is 2.47. The van der Waals surface area contributed by atoms with Crippen LogP contribution in [0.2, 0.25) is 0 Å². The molecule has 0 spiro atoms. The van der Waals surface area contributed by atoms with Crippen LogP contribution in [-0.4, -0.2) is 10.7 Å². The maximum atomic E-state index is 12.8. The van der Waals surface area contributed by atoms with Crippen molar-refractivity contribution in [2.24, 2.45) is 0 Å². The molecule has 2 rings (SSSR count). The Kier molecular flexibility index (Phi) is 2.87. The number of nitrogens with zero attached hydrogens (tertiary/aromatic N) is 1. The number of benzene rings is 1. The van der Waals surface area contributed by atoms with Crippen molar-refractivity contribution in [1.82, 2.24) is 4.98 Å². The molecule has 17 heavy (non-hydrogen) atoms. The van der Waals surface area contributed by atoms with Gasteiger partial charge in [-0.2, -0.15) is 0 Å². The summed E-state index contributed by atoms with van der Waals surface area (Å²) < 4.78 is 12.8. The van der Waals surface area contributed by atoms with Gasteiger partial charge in [0, 0.05) is 28.7 Å². The topological polar surface area (TPSA) is 62.8 Å². The molecule has 0 aliphatic carbocycles. The first-order valence-corrected chi connectivity index (χ1v) is 5.15. The van der Waals surface area contributed by atoms with Crippen LogP contribution >= 0.6 is 0 Å². The standard InChI is InChI=1S/C13H12FN3/c1-8-6-12(15)11(7-17-8)13(16)9-2-4-10(14)5-3-9/h2-7,16H,1H3,(H2,15,17). The summed E-state index contributed by atoms with van der Waals surface area (Å²) >= 11 is 0. The fourth-order valence-corrected chi connectivity index (χ4v) is 1.56. The lowest BCUT2D eigenvalue weighted by atomic mass is 10.0. The molecule has 0 radical (unpaired) electrons. The Bertz CT molecular complexity index is 561. The van der Waals surface area contributed by atoms with E-state index in [0.29, 0.717) is 16.8 Å². The van der Waals surface area contributed by atoms with Crippen LogP contribution in [0.15, 0.2) is 36.5 Å². The van der Waals surface area contributed by atoms with Crippen molar-refractivity contribution in [2.75, 3.05) is 5.73 Å². The lowest BCUT2D eigenvalue weighted by molar-refractivity contribution is 0.628. The average Bonchev–Trinajstić information content (AvgIpc) is 2.29. The molecule has 0 aliphatic rings. The number of nitrogen functional groups attached to an aromatic ring is 1. The van der Waals surface area contributed by atoms with E-state index in [0.717, 1.165) is 5.69 Å². The fraction of sp³-hybridized carbons (Fsp3) is 0.0769. The van der Waals surface area contributed by atoms with Gasteiger partial charge >= 0.3 is 0 Å². The minimum absolute atomic E-state index is 0.245. The van der Waals surface area contributed by atoms with Crippen LogP contribution in [0.1, 0.15) is 16.8 Å². The lowest BCUT2D eigenvalue weighted by Crippen LogP contribution is -2.06. The highest BCUT2D eigenvalue weighted by Crippen LogP contribution is 2.16. The summed E-state index contributed by atoms with van der Waals surface area (Å²) in [5.74, 6) is -0.323. The Labute approximate surface area is 98.6 Å². The van der Waals surface area contributed by atoms with Gasteiger partial charge in [0.2, 0.25) is 0 Å². The average molecular weight is 229 g/mol.